The summed E-state index contributed by atoms with van der Waals surface area (Å²) in [5, 5.41) is 0. The average Bonchev–Trinajstić information content (AvgIpc) is 3.06. The highest BCUT2D eigenvalue weighted by molar-refractivity contribution is 9.10. The highest BCUT2D eigenvalue weighted by Crippen LogP contribution is 2.17. The molecule has 126 valence electrons. The van der Waals surface area contributed by atoms with Crippen molar-refractivity contribution in [1.82, 2.24) is 9.80 Å². The number of amides is 2. The number of hydrogen-bond acceptors (Lipinski definition) is 4. The molecule has 1 aromatic carbocycles. The van der Waals surface area contributed by atoms with Crippen molar-refractivity contribution in [2.75, 3.05) is 32.8 Å². The normalized spacial score (nSPS) is 14.5. The van der Waals surface area contributed by atoms with E-state index in [1.807, 2.05) is 30.3 Å². The number of benzene rings is 1. The number of carbonyl (C=O) groups excluding carboxylic acids is 2. The van der Waals surface area contributed by atoms with Crippen molar-refractivity contribution >= 4 is 27.7 Å². The Morgan fingerprint density at radius 3 is 2.29 bits per heavy atom. The Morgan fingerprint density at radius 2 is 1.67 bits per heavy atom. The van der Waals surface area contributed by atoms with Gasteiger partial charge in [-0.2, -0.15) is 0 Å². The SMILES string of the molecule is O=C(COc1ccccc1)N1CCN(C(=O)c2ccc(Br)o2)CC1. The van der Waals surface area contributed by atoms with Crippen LogP contribution >= 0.6 is 15.9 Å². The average molecular weight is 393 g/mol. The maximum absolute atomic E-state index is 12.3. The van der Waals surface area contributed by atoms with Gasteiger partial charge in [-0.25, -0.2) is 0 Å². The number of hydrogen-bond donors (Lipinski definition) is 0. The molecule has 0 bridgehead atoms. The molecule has 1 aliphatic rings. The zero-order valence-corrected chi connectivity index (χ0v) is 14.6. The summed E-state index contributed by atoms with van der Waals surface area (Å²) in [5.41, 5.74) is 0. The van der Waals surface area contributed by atoms with Crippen LogP contribution in [-0.2, 0) is 4.79 Å². The van der Waals surface area contributed by atoms with E-state index in [0.29, 0.717) is 42.4 Å². The lowest BCUT2D eigenvalue weighted by Crippen LogP contribution is -2.51. The van der Waals surface area contributed by atoms with Crippen molar-refractivity contribution in [3.63, 3.8) is 0 Å². The summed E-state index contributed by atoms with van der Waals surface area (Å²) in [6.07, 6.45) is 0. The Morgan fingerprint density at radius 1 is 1.00 bits per heavy atom. The van der Waals surface area contributed by atoms with Crippen molar-refractivity contribution < 1.29 is 18.7 Å². The molecule has 2 aromatic rings. The molecule has 24 heavy (non-hydrogen) atoms. The predicted octanol–water partition coefficient (Wildman–Crippen LogP) is 2.41. The quantitative estimate of drug-likeness (QED) is 0.801. The van der Waals surface area contributed by atoms with E-state index in [1.165, 1.54) is 0 Å². The molecule has 7 heteroatoms. The minimum atomic E-state index is -0.159. The first kappa shape index (κ1) is 16.6. The Labute approximate surface area is 148 Å². The summed E-state index contributed by atoms with van der Waals surface area (Å²) in [6.45, 7) is 1.95. The van der Waals surface area contributed by atoms with Crippen LogP contribution in [0.3, 0.4) is 0 Å². The molecule has 1 aliphatic heterocycles. The van der Waals surface area contributed by atoms with E-state index in [1.54, 1.807) is 21.9 Å². The van der Waals surface area contributed by atoms with Gasteiger partial charge in [0.1, 0.15) is 5.75 Å². The van der Waals surface area contributed by atoms with Gasteiger partial charge in [0, 0.05) is 26.2 Å². The summed E-state index contributed by atoms with van der Waals surface area (Å²) in [6, 6.07) is 12.6. The van der Waals surface area contributed by atoms with E-state index >= 15 is 0 Å². The molecule has 6 nitrogen and oxygen atoms in total. The second-order valence-electron chi connectivity index (χ2n) is 5.38. The van der Waals surface area contributed by atoms with Crippen LogP contribution in [0.4, 0.5) is 0 Å². The lowest BCUT2D eigenvalue weighted by atomic mass is 10.3. The molecule has 1 saturated heterocycles. The lowest BCUT2D eigenvalue weighted by molar-refractivity contribution is -0.134. The maximum atomic E-state index is 12.3. The third-order valence-electron chi connectivity index (χ3n) is 3.81. The van der Waals surface area contributed by atoms with Gasteiger partial charge in [0.25, 0.3) is 11.8 Å². The van der Waals surface area contributed by atoms with Gasteiger partial charge in [-0.05, 0) is 40.2 Å². The molecule has 0 saturated carbocycles. The minimum Gasteiger partial charge on any atom is -0.484 e. The van der Waals surface area contributed by atoms with E-state index < -0.39 is 0 Å². The van der Waals surface area contributed by atoms with E-state index in [4.69, 9.17) is 9.15 Å². The van der Waals surface area contributed by atoms with Crippen LogP contribution in [0, 0.1) is 0 Å². The van der Waals surface area contributed by atoms with E-state index in [2.05, 4.69) is 15.9 Å². The topological polar surface area (TPSA) is 63.0 Å². The first-order chi connectivity index (χ1) is 11.6. The second kappa shape index (κ2) is 7.53. The molecule has 3 rings (SSSR count). The Balaban J connectivity index is 1.47. The first-order valence-corrected chi connectivity index (χ1v) is 8.43. The summed E-state index contributed by atoms with van der Waals surface area (Å²) in [4.78, 5) is 27.9. The molecule has 1 fully saturated rings. The van der Waals surface area contributed by atoms with Crippen molar-refractivity contribution in [2.45, 2.75) is 0 Å². The van der Waals surface area contributed by atoms with Crippen molar-refractivity contribution in [2.24, 2.45) is 0 Å². The van der Waals surface area contributed by atoms with Gasteiger partial charge in [-0.3, -0.25) is 9.59 Å². The van der Waals surface area contributed by atoms with E-state index in [9.17, 15) is 9.59 Å². The van der Waals surface area contributed by atoms with Crippen LogP contribution in [-0.4, -0.2) is 54.4 Å². The first-order valence-electron chi connectivity index (χ1n) is 7.64. The molecule has 0 atom stereocenters. The summed E-state index contributed by atoms with van der Waals surface area (Å²) in [7, 11) is 0. The number of rotatable bonds is 4. The molecular weight excluding hydrogens is 376 g/mol. The zero-order chi connectivity index (χ0) is 16.9. The lowest BCUT2D eigenvalue weighted by Gasteiger charge is -2.34. The number of carbonyl (C=O) groups is 2. The van der Waals surface area contributed by atoms with Crippen LogP contribution in [0.2, 0.25) is 0 Å². The predicted molar refractivity (Wildman–Crippen MR) is 90.8 cm³/mol. The van der Waals surface area contributed by atoms with Crippen molar-refractivity contribution in [1.29, 1.82) is 0 Å². The molecule has 2 heterocycles. The fraction of sp³-hybridized carbons (Fsp3) is 0.294. The zero-order valence-electron chi connectivity index (χ0n) is 13.0. The van der Waals surface area contributed by atoms with Crippen LogP contribution < -0.4 is 4.74 Å². The highest BCUT2D eigenvalue weighted by atomic mass is 79.9. The Hall–Kier alpha value is -2.28. The van der Waals surface area contributed by atoms with Gasteiger partial charge in [0.2, 0.25) is 0 Å². The number of nitrogens with zero attached hydrogens (tertiary/aromatic N) is 2. The molecule has 0 N–H and O–H groups in total. The molecule has 0 radical (unpaired) electrons. The molecule has 0 unspecified atom stereocenters. The molecule has 1 aromatic heterocycles. The second-order valence-corrected chi connectivity index (χ2v) is 6.16. The fourth-order valence-corrected chi connectivity index (χ4v) is 2.80. The monoisotopic (exact) mass is 392 g/mol. The van der Waals surface area contributed by atoms with Crippen LogP contribution in [0.25, 0.3) is 0 Å². The van der Waals surface area contributed by atoms with E-state index in [-0.39, 0.29) is 18.4 Å². The van der Waals surface area contributed by atoms with Gasteiger partial charge in [0.15, 0.2) is 17.0 Å². The third kappa shape index (κ3) is 3.97. The molecule has 0 spiro atoms. The van der Waals surface area contributed by atoms with E-state index in [0.717, 1.165) is 0 Å². The van der Waals surface area contributed by atoms with Gasteiger partial charge in [-0.1, -0.05) is 18.2 Å². The standard InChI is InChI=1S/C17H17BrN2O4/c18-15-7-6-14(24-15)17(22)20-10-8-19(9-11-20)16(21)12-23-13-4-2-1-3-5-13/h1-7H,8-12H2. The van der Waals surface area contributed by atoms with Crippen molar-refractivity contribution in [3.05, 3.63) is 52.9 Å². The van der Waals surface area contributed by atoms with Crippen LogP contribution in [0.1, 0.15) is 10.6 Å². The van der Waals surface area contributed by atoms with Gasteiger partial charge in [0.05, 0.1) is 0 Å². The Kier molecular flexibility index (Phi) is 5.20. The molecule has 0 aliphatic carbocycles. The number of ether oxygens (including phenoxy) is 1. The molecular formula is C17H17BrN2O4. The van der Waals surface area contributed by atoms with Crippen LogP contribution in [0.15, 0.2) is 51.6 Å². The third-order valence-corrected chi connectivity index (χ3v) is 4.24. The maximum Gasteiger partial charge on any atom is 0.289 e. The molecule has 2 amide bonds. The van der Waals surface area contributed by atoms with Gasteiger partial charge >= 0.3 is 0 Å². The number of piperazine rings is 1. The smallest absolute Gasteiger partial charge is 0.289 e. The highest BCUT2D eigenvalue weighted by Gasteiger charge is 2.26. The largest absolute Gasteiger partial charge is 0.484 e. The Bertz CT molecular complexity index is 708. The summed E-state index contributed by atoms with van der Waals surface area (Å²) >= 11 is 3.19. The fourth-order valence-electron chi connectivity index (χ4n) is 2.50. The summed E-state index contributed by atoms with van der Waals surface area (Å²) in [5.74, 6) is 0.733. The number of halogens is 1. The minimum absolute atomic E-state index is 0.00307. The van der Waals surface area contributed by atoms with Crippen LogP contribution in [0.5, 0.6) is 5.75 Å². The van der Waals surface area contributed by atoms with Gasteiger partial charge in [-0.15, -0.1) is 0 Å². The van der Waals surface area contributed by atoms with Gasteiger partial charge < -0.3 is 19.0 Å². The number of para-hydroxylation sites is 1. The summed E-state index contributed by atoms with van der Waals surface area (Å²) < 4.78 is 11.3. The van der Waals surface area contributed by atoms with Crippen molar-refractivity contribution in [3.8, 4) is 5.75 Å². The number of furan rings is 1.